The van der Waals surface area contributed by atoms with E-state index >= 15 is 0 Å². The van der Waals surface area contributed by atoms with Crippen LogP contribution in [0.3, 0.4) is 0 Å². The number of nitrogens with two attached hydrogens (primary N) is 1. The average molecular weight is 281 g/mol. The molecule has 0 saturated heterocycles. The van der Waals surface area contributed by atoms with Crippen LogP contribution in [0.15, 0.2) is 12.1 Å². The lowest BCUT2D eigenvalue weighted by Gasteiger charge is -2.09. The van der Waals surface area contributed by atoms with Gasteiger partial charge in [0.05, 0.1) is 12.2 Å². The van der Waals surface area contributed by atoms with Gasteiger partial charge in [0.2, 0.25) is 0 Å². The second kappa shape index (κ2) is 5.87. The first-order chi connectivity index (χ1) is 8.70. The zero-order chi connectivity index (χ0) is 14.6. The molecule has 0 amide bonds. The third-order valence-corrected chi connectivity index (χ3v) is 2.08. The van der Waals surface area contributed by atoms with Gasteiger partial charge in [0.1, 0.15) is 12.4 Å². The highest BCUT2D eigenvalue weighted by atomic mass is 19.4. The predicted molar refractivity (Wildman–Crippen MR) is 57.8 cm³/mol. The van der Waals surface area contributed by atoms with E-state index in [0.29, 0.717) is 0 Å². The average Bonchev–Trinajstić information content (AvgIpc) is 2.27. The van der Waals surface area contributed by atoms with Gasteiger partial charge in [0, 0.05) is 5.69 Å². The van der Waals surface area contributed by atoms with Crippen LogP contribution in [-0.2, 0) is 9.47 Å². The minimum Gasteiger partial charge on any atom is -0.460 e. The summed E-state index contributed by atoms with van der Waals surface area (Å²) < 4.78 is 56.3. The van der Waals surface area contributed by atoms with Gasteiger partial charge in [-0.1, -0.05) is 0 Å². The number of hydrogen-bond acceptors (Lipinski definition) is 4. The first-order valence-electron chi connectivity index (χ1n) is 5.14. The summed E-state index contributed by atoms with van der Waals surface area (Å²) in [4.78, 5) is 11.4. The zero-order valence-corrected chi connectivity index (χ0v) is 9.88. The molecule has 0 atom stereocenters. The van der Waals surface area contributed by atoms with E-state index in [1.807, 2.05) is 0 Å². The number of rotatable bonds is 4. The second-order valence-electron chi connectivity index (χ2n) is 3.63. The number of carbonyl (C=O) groups excluding carboxylic acids is 1. The quantitative estimate of drug-likeness (QED) is 0.398. The third-order valence-electron chi connectivity index (χ3n) is 2.08. The molecule has 0 heterocycles. The fourth-order valence-corrected chi connectivity index (χ4v) is 1.32. The van der Waals surface area contributed by atoms with E-state index in [2.05, 4.69) is 9.47 Å². The number of ether oxygens (including phenoxy) is 2. The molecule has 4 nitrogen and oxygen atoms in total. The number of nitrogen functional groups attached to an aromatic ring is 1. The number of esters is 1. The Morgan fingerprint density at radius 1 is 1.32 bits per heavy atom. The van der Waals surface area contributed by atoms with Crippen molar-refractivity contribution in [3.05, 3.63) is 29.1 Å². The molecule has 0 aromatic heterocycles. The lowest BCUT2D eigenvalue weighted by molar-refractivity contribution is -0.326. The molecular weight excluding hydrogens is 270 g/mol. The Hall–Kier alpha value is -1.83. The highest BCUT2D eigenvalue weighted by Crippen LogP contribution is 2.18. The van der Waals surface area contributed by atoms with Gasteiger partial charge in [-0.3, -0.25) is 4.74 Å². The molecule has 8 heteroatoms. The van der Waals surface area contributed by atoms with Crippen molar-refractivity contribution in [2.75, 3.05) is 18.9 Å². The fourth-order valence-electron chi connectivity index (χ4n) is 1.32. The Kier molecular flexibility index (Phi) is 4.71. The molecule has 0 bridgehead atoms. The highest BCUT2D eigenvalue weighted by Gasteiger charge is 2.29. The summed E-state index contributed by atoms with van der Waals surface area (Å²) in [7, 11) is 0. The Labute approximate surface area is 106 Å². The molecule has 0 aliphatic heterocycles. The summed E-state index contributed by atoms with van der Waals surface area (Å²) in [6, 6.07) is 2.37. The van der Waals surface area contributed by atoms with Crippen LogP contribution in [0.1, 0.15) is 15.9 Å². The van der Waals surface area contributed by atoms with Crippen molar-refractivity contribution in [2.24, 2.45) is 0 Å². The third kappa shape index (κ3) is 4.74. The molecule has 0 aliphatic rings. The van der Waals surface area contributed by atoms with Crippen LogP contribution in [-0.4, -0.2) is 25.5 Å². The number of halogens is 4. The largest absolute Gasteiger partial charge is 0.522 e. The lowest BCUT2D eigenvalue weighted by atomic mass is 10.1. The SMILES string of the molecule is Cc1cc(N)cc(C(=O)OCCOC(F)(F)F)c1F. The minimum atomic E-state index is -4.80. The second-order valence-corrected chi connectivity index (χ2v) is 3.63. The van der Waals surface area contributed by atoms with Crippen LogP contribution >= 0.6 is 0 Å². The van der Waals surface area contributed by atoms with Crippen LogP contribution < -0.4 is 5.73 Å². The van der Waals surface area contributed by atoms with Crippen molar-refractivity contribution >= 4 is 11.7 Å². The number of carbonyl (C=O) groups is 1. The van der Waals surface area contributed by atoms with Gasteiger partial charge in [-0.15, -0.1) is 13.2 Å². The van der Waals surface area contributed by atoms with Crippen molar-refractivity contribution in [2.45, 2.75) is 13.3 Å². The van der Waals surface area contributed by atoms with Crippen LogP contribution in [0.4, 0.5) is 23.2 Å². The molecule has 1 aromatic rings. The van der Waals surface area contributed by atoms with E-state index in [0.717, 1.165) is 6.07 Å². The predicted octanol–water partition coefficient (Wildman–Crippen LogP) is 2.41. The maximum absolute atomic E-state index is 13.6. The molecular formula is C11H11F4NO3. The minimum absolute atomic E-state index is 0.137. The summed E-state index contributed by atoms with van der Waals surface area (Å²) in [5.74, 6) is -1.92. The van der Waals surface area contributed by atoms with E-state index in [1.54, 1.807) is 0 Å². The van der Waals surface area contributed by atoms with Crippen molar-refractivity contribution < 1.29 is 31.8 Å². The Morgan fingerprint density at radius 2 is 1.95 bits per heavy atom. The maximum atomic E-state index is 13.6. The van der Waals surface area contributed by atoms with Gasteiger partial charge < -0.3 is 10.5 Å². The molecule has 0 spiro atoms. The zero-order valence-electron chi connectivity index (χ0n) is 9.88. The Balaban J connectivity index is 2.60. The summed E-state index contributed by atoms with van der Waals surface area (Å²) in [6.07, 6.45) is -4.80. The van der Waals surface area contributed by atoms with Gasteiger partial charge >= 0.3 is 12.3 Å². The van der Waals surface area contributed by atoms with Gasteiger partial charge in [-0.05, 0) is 24.6 Å². The van der Waals surface area contributed by atoms with Crippen molar-refractivity contribution in [1.29, 1.82) is 0 Å². The van der Waals surface area contributed by atoms with Crippen LogP contribution in [0.5, 0.6) is 0 Å². The Morgan fingerprint density at radius 3 is 2.53 bits per heavy atom. The molecule has 0 unspecified atom stereocenters. The van der Waals surface area contributed by atoms with E-state index in [4.69, 9.17) is 5.73 Å². The van der Waals surface area contributed by atoms with Crippen molar-refractivity contribution in [3.8, 4) is 0 Å². The van der Waals surface area contributed by atoms with Gasteiger partial charge in [-0.25, -0.2) is 9.18 Å². The summed E-state index contributed by atoms with van der Waals surface area (Å²) in [5.41, 5.74) is 5.29. The topological polar surface area (TPSA) is 61.6 Å². The molecule has 2 N–H and O–H groups in total. The first kappa shape index (κ1) is 15.2. The van der Waals surface area contributed by atoms with Crippen LogP contribution in [0, 0.1) is 12.7 Å². The standard InChI is InChI=1S/C11H11F4NO3/c1-6-4-7(16)5-8(9(6)12)10(17)18-2-3-19-11(13,14)15/h4-5H,2-3,16H2,1H3. The van der Waals surface area contributed by atoms with Gasteiger partial charge in [-0.2, -0.15) is 0 Å². The number of benzene rings is 1. The summed E-state index contributed by atoms with van der Waals surface area (Å²) in [6.45, 7) is -0.112. The molecule has 0 fully saturated rings. The van der Waals surface area contributed by atoms with Crippen LogP contribution in [0.2, 0.25) is 0 Å². The monoisotopic (exact) mass is 281 g/mol. The first-order valence-corrected chi connectivity index (χ1v) is 5.14. The smallest absolute Gasteiger partial charge is 0.460 e. The van der Waals surface area contributed by atoms with E-state index < -0.39 is 36.9 Å². The van der Waals surface area contributed by atoms with Crippen molar-refractivity contribution in [3.63, 3.8) is 0 Å². The maximum Gasteiger partial charge on any atom is 0.522 e. The van der Waals surface area contributed by atoms with Gasteiger partial charge in [0.15, 0.2) is 0 Å². The highest BCUT2D eigenvalue weighted by molar-refractivity contribution is 5.91. The molecule has 0 aliphatic carbocycles. The molecule has 1 aromatic carbocycles. The summed E-state index contributed by atoms with van der Waals surface area (Å²) >= 11 is 0. The molecule has 106 valence electrons. The van der Waals surface area contributed by atoms with Gasteiger partial charge in [0.25, 0.3) is 0 Å². The molecule has 1 rings (SSSR count). The molecule has 19 heavy (non-hydrogen) atoms. The lowest BCUT2D eigenvalue weighted by Crippen LogP contribution is -2.19. The van der Waals surface area contributed by atoms with E-state index in [1.165, 1.54) is 13.0 Å². The van der Waals surface area contributed by atoms with Crippen LogP contribution in [0.25, 0.3) is 0 Å². The summed E-state index contributed by atoms with van der Waals surface area (Å²) in [5, 5.41) is 0. The number of aryl methyl sites for hydroxylation is 1. The Bertz CT molecular complexity index is 474. The number of hydrogen-bond donors (Lipinski definition) is 1. The number of anilines is 1. The molecule has 0 saturated carbocycles. The number of alkyl halides is 3. The fraction of sp³-hybridized carbons (Fsp3) is 0.364. The normalized spacial score (nSPS) is 11.4. The van der Waals surface area contributed by atoms with E-state index in [9.17, 15) is 22.4 Å². The van der Waals surface area contributed by atoms with Crippen molar-refractivity contribution in [1.82, 2.24) is 0 Å². The molecule has 0 radical (unpaired) electrons. The van der Waals surface area contributed by atoms with E-state index in [-0.39, 0.29) is 11.3 Å².